The van der Waals surface area contributed by atoms with Crippen LogP contribution in [0.15, 0.2) is 36.7 Å². The first kappa shape index (κ1) is 18.9. The molecule has 154 valence electrons. The molecule has 1 aromatic carbocycles. The molecule has 3 N–H and O–H groups in total. The number of nitrogens with zero attached hydrogens (tertiary/aromatic N) is 4. The predicted molar refractivity (Wildman–Crippen MR) is 116 cm³/mol. The Balaban J connectivity index is 1.37. The van der Waals surface area contributed by atoms with Gasteiger partial charge in [-0.05, 0) is 57.0 Å². The molecule has 30 heavy (non-hydrogen) atoms. The lowest BCUT2D eigenvalue weighted by Gasteiger charge is -2.24. The molecule has 1 saturated carbocycles. The highest BCUT2D eigenvalue weighted by Crippen LogP contribution is 2.28. The van der Waals surface area contributed by atoms with Crippen molar-refractivity contribution in [2.45, 2.75) is 38.1 Å². The molecule has 3 aromatic rings. The van der Waals surface area contributed by atoms with Gasteiger partial charge in [-0.2, -0.15) is 0 Å². The number of carbonyl (C=O) groups is 1. The second kappa shape index (κ2) is 8.31. The lowest BCUT2D eigenvalue weighted by atomic mass is 9.85. The van der Waals surface area contributed by atoms with Gasteiger partial charge in [-0.3, -0.25) is 9.78 Å². The van der Waals surface area contributed by atoms with Crippen molar-refractivity contribution >= 4 is 28.4 Å². The van der Waals surface area contributed by atoms with E-state index in [1.807, 2.05) is 24.3 Å². The highest BCUT2D eigenvalue weighted by molar-refractivity contribution is 5.94. The number of hydrogen-bond donors (Lipinski definition) is 3. The Morgan fingerprint density at radius 2 is 1.87 bits per heavy atom. The molecular formula is C22H25N7O. The van der Waals surface area contributed by atoms with E-state index in [-0.39, 0.29) is 11.8 Å². The van der Waals surface area contributed by atoms with E-state index in [4.69, 9.17) is 4.98 Å². The van der Waals surface area contributed by atoms with E-state index >= 15 is 0 Å². The molecule has 1 amide bonds. The standard InChI is InChI=1S/C22H25N7O/c30-22(14-2-1-3-14)27-20-11-16-10-15(4-5-18(16)28-29-20)19-12-24-13-21(26-19)25-17-6-8-23-9-7-17/h4-5,10-14,17,23H,1-3,6-9H2,(H,25,26)(H,27,29,30). The Morgan fingerprint density at radius 3 is 2.67 bits per heavy atom. The summed E-state index contributed by atoms with van der Waals surface area (Å²) in [5.74, 6) is 1.43. The molecule has 8 heteroatoms. The number of piperidine rings is 1. The van der Waals surface area contributed by atoms with Crippen molar-refractivity contribution in [1.29, 1.82) is 0 Å². The van der Waals surface area contributed by atoms with Crippen LogP contribution in [0.1, 0.15) is 32.1 Å². The zero-order chi connectivity index (χ0) is 20.3. The molecule has 1 saturated heterocycles. The van der Waals surface area contributed by atoms with Crippen LogP contribution in [0.25, 0.3) is 22.2 Å². The van der Waals surface area contributed by atoms with Gasteiger partial charge in [0.15, 0.2) is 5.82 Å². The SMILES string of the molecule is O=C(Nc1cc2cc(-c3cncc(NC4CCNCC4)n3)ccc2nn1)C1CCC1. The molecule has 3 heterocycles. The van der Waals surface area contributed by atoms with Gasteiger partial charge in [0.2, 0.25) is 5.91 Å². The molecular weight excluding hydrogens is 378 g/mol. The number of anilines is 2. The van der Waals surface area contributed by atoms with E-state index < -0.39 is 0 Å². The fourth-order valence-electron chi connectivity index (χ4n) is 3.91. The monoisotopic (exact) mass is 403 g/mol. The van der Waals surface area contributed by atoms with Crippen molar-refractivity contribution < 1.29 is 4.79 Å². The predicted octanol–water partition coefficient (Wildman–Crippen LogP) is 2.99. The van der Waals surface area contributed by atoms with Crippen LogP contribution in [0.5, 0.6) is 0 Å². The minimum absolute atomic E-state index is 0.0357. The Hall–Kier alpha value is -3.13. The Morgan fingerprint density at radius 1 is 1.00 bits per heavy atom. The number of carbonyl (C=O) groups excluding carboxylic acids is 1. The van der Waals surface area contributed by atoms with Gasteiger partial charge in [-0.15, -0.1) is 10.2 Å². The van der Waals surface area contributed by atoms with Crippen LogP contribution in [0, 0.1) is 5.92 Å². The fourth-order valence-corrected chi connectivity index (χ4v) is 3.91. The van der Waals surface area contributed by atoms with Crippen molar-refractivity contribution in [3.05, 3.63) is 36.7 Å². The number of fused-ring (bicyclic) bond motifs is 1. The molecule has 8 nitrogen and oxygen atoms in total. The molecule has 0 unspecified atom stereocenters. The number of rotatable bonds is 5. The van der Waals surface area contributed by atoms with Gasteiger partial charge in [0.1, 0.15) is 5.82 Å². The summed E-state index contributed by atoms with van der Waals surface area (Å²) in [6, 6.07) is 8.20. The molecule has 0 radical (unpaired) electrons. The summed E-state index contributed by atoms with van der Waals surface area (Å²) in [4.78, 5) is 21.3. The van der Waals surface area contributed by atoms with E-state index in [0.29, 0.717) is 11.9 Å². The summed E-state index contributed by atoms with van der Waals surface area (Å²) < 4.78 is 0. The van der Waals surface area contributed by atoms with Gasteiger partial charge in [0.25, 0.3) is 0 Å². The smallest absolute Gasteiger partial charge is 0.228 e. The summed E-state index contributed by atoms with van der Waals surface area (Å²) in [6.07, 6.45) is 8.73. The number of amides is 1. The van der Waals surface area contributed by atoms with Gasteiger partial charge in [-0.25, -0.2) is 4.98 Å². The Labute approximate surface area is 174 Å². The molecule has 2 fully saturated rings. The van der Waals surface area contributed by atoms with Gasteiger partial charge in [-0.1, -0.05) is 12.5 Å². The third-order valence-corrected chi connectivity index (χ3v) is 5.93. The van der Waals surface area contributed by atoms with Crippen molar-refractivity contribution in [3.63, 3.8) is 0 Å². The third-order valence-electron chi connectivity index (χ3n) is 5.93. The van der Waals surface area contributed by atoms with Crippen LogP contribution in [0.2, 0.25) is 0 Å². The van der Waals surface area contributed by atoms with E-state index in [0.717, 1.165) is 73.2 Å². The quantitative estimate of drug-likeness (QED) is 0.601. The lowest BCUT2D eigenvalue weighted by Crippen LogP contribution is -2.35. The minimum atomic E-state index is 0.0357. The second-order valence-corrected chi connectivity index (χ2v) is 8.08. The van der Waals surface area contributed by atoms with Crippen molar-refractivity contribution in [3.8, 4) is 11.3 Å². The zero-order valence-electron chi connectivity index (χ0n) is 16.8. The normalized spacial score (nSPS) is 17.5. The van der Waals surface area contributed by atoms with E-state index in [1.165, 1.54) is 0 Å². The van der Waals surface area contributed by atoms with Crippen molar-refractivity contribution in [2.24, 2.45) is 5.92 Å². The van der Waals surface area contributed by atoms with E-state index in [2.05, 4.69) is 31.1 Å². The first-order valence-corrected chi connectivity index (χ1v) is 10.6. The van der Waals surface area contributed by atoms with Crippen LogP contribution < -0.4 is 16.0 Å². The first-order chi connectivity index (χ1) is 14.7. The third kappa shape index (κ3) is 4.09. The molecule has 0 bridgehead atoms. The van der Waals surface area contributed by atoms with Gasteiger partial charge >= 0.3 is 0 Å². The summed E-state index contributed by atoms with van der Waals surface area (Å²) in [6.45, 7) is 2.05. The molecule has 2 aliphatic rings. The molecule has 0 atom stereocenters. The fraction of sp³-hybridized carbons (Fsp3) is 0.409. The van der Waals surface area contributed by atoms with Crippen LogP contribution in [0.3, 0.4) is 0 Å². The molecule has 1 aliphatic carbocycles. The maximum atomic E-state index is 12.2. The molecule has 1 aliphatic heterocycles. The number of benzene rings is 1. The Kier molecular flexibility index (Phi) is 5.23. The topological polar surface area (TPSA) is 105 Å². The maximum Gasteiger partial charge on any atom is 0.228 e. The Bertz CT molecular complexity index is 1060. The summed E-state index contributed by atoms with van der Waals surface area (Å²) in [7, 11) is 0. The van der Waals surface area contributed by atoms with Crippen LogP contribution in [-0.2, 0) is 4.79 Å². The van der Waals surface area contributed by atoms with Crippen LogP contribution in [0.4, 0.5) is 11.6 Å². The summed E-state index contributed by atoms with van der Waals surface area (Å²) >= 11 is 0. The average molecular weight is 403 g/mol. The highest BCUT2D eigenvalue weighted by Gasteiger charge is 2.25. The second-order valence-electron chi connectivity index (χ2n) is 8.08. The van der Waals surface area contributed by atoms with Gasteiger partial charge in [0, 0.05) is 22.9 Å². The number of nitrogens with one attached hydrogen (secondary N) is 3. The molecule has 5 rings (SSSR count). The summed E-state index contributed by atoms with van der Waals surface area (Å²) in [5, 5.41) is 19.1. The average Bonchev–Trinajstić information content (AvgIpc) is 2.73. The zero-order valence-corrected chi connectivity index (χ0v) is 16.8. The van der Waals surface area contributed by atoms with Crippen molar-refractivity contribution in [2.75, 3.05) is 23.7 Å². The summed E-state index contributed by atoms with van der Waals surface area (Å²) in [5.41, 5.74) is 2.53. The maximum absolute atomic E-state index is 12.2. The minimum Gasteiger partial charge on any atom is -0.366 e. The van der Waals surface area contributed by atoms with Gasteiger partial charge in [0.05, 0.1) is 23.6 Å². The first-order valence-electron chi connectivity index (χ1n) is 10.6. The van der Waals surface area contributed by atoms with Gasteiger partial charge < -0.3 is 16.0 Å². The van der Waals surface area contributed by atoms with Crippen molar-refractivity contribution in [1.82, 2.24) is 25.5 Å². The van der Waals surface area contributed by atoms with E-state index in [9.17, 15) is 4.79 Å². The van der Waals surface area contributed by atoms with E-state index in [1.54, 1.807) is 12.4 Å². The highest BCUT2D eigenvalue weighted by atomic mass is 16.2. The van der Waals surface area contributed by atoms with Crippen LogP contribution in [-0.4, -0.2) is 45.2 Å². The largest absolute Gasteiger partial charge is 0.366 e. The molecule has 2 aromatic heterocycles. The number of hydrogen-bond acceptors (Lipinski definition) is 7. The van der Waals surface area contributed by atoms with Crippen LogP contribution >= 0.6 is 0 Å². The molecule has 0 spiro atoms. The number of aromatic nitrogens is 4. The lowest BCUT2D eigenvalue weighted by molar-refractivity contribution is -0.122.